The summed E-state index contributed by atoms with van der Waals surface area (Å²) in [5.41, 5.74) is 1.41. The van der Waals surface area contributed by atoms with Gasteiger partial charge in [0.15, 0.2) is 0 Å². The predicted molar refractivity (Wildman–Crippen MR) is 66.3 cm³/mol. The smallest absolute Gasteiger partial charge is 0.0261 e. The van der Waals surface area contributed by atoms with Crippen molar-refractivity contribution in [3.8, 4) is 0 Å². The molecule has 0 N–H and O–H groups in total. The van der Waals surface area contributed by atoms with E-state index in [-0.39, 0.29) is 0 Å². The Morgan fingerprint density at radius 2 is 1.79 bits per heavy atom. The quantitative estimate of drug-likeness (QED) is 0.760. The summed E-state index contributed by atoms with van der Waals surface area (Å²) in [6, 6.07) is 8.77. The average Bonchev–Trinajstić information content (AvgIpc) is 2.23. The van der Waals surface area contributed by atoms with Gasteiger partial charge in [-0.3, -0.25) is 4.90 Å². The largest absolute Gasteiger partial charge is 0.296 e. The molecule has 0 amide bonds. The van der Waals surface area contributed by atoms with Gasteiger partial charge in [-0.25, -0.2) is 5.32 Å². The second kappa shape index (κ2) is 5.09. The van der Waals surface area contributed by atoms with Crippen LogP contribution in [0.15, 0.2) is 24.3 Å². The van der Waals surface area contributed by atoms with E-state index in [1.165, 1.54) is 9.13 Å². The van der Waals surface area contributed by atoms with Crippen LogP contribution in [0.1, 0.15) is 5.56 Å². The summed E-state index contributed by atoms with van der Waals surface area (Å²) < 4.78 is 1.31. The molecular formula is C11H14IN2. The van der Waals surface area contributed by atoms with Gasteiger partial charge in [-0.15, -0.1) is 0 Å². The summed E-state index contributed by atoms with van der Waals surface area (Å²) in [6.07, 6.45) is 0. The Bertz CT molecular complexity index is 278. The van der Waals surface area contributed by atoms with E-state index in [0.29, 0.717) is 0 Å². The van der Waals surface area contributed by atoms with E-state index < -0.39 is 0 Å². The standard InChI is InChI=1S/C11H14IN2/c12-11-3-1-10(2-4-11)9-14-7-5-13-6-8-14/h1-4H,5-9H2. The maximum Gasteiger partial charge on any atom is 0.0261 e. The van der Waals surface area contributed by atoms with Gasteiger partial charge in [0.1, 0.15) is 0 Å². The monoisotopic (exact) mass is 301 g/mol. The second-order valence-electron chi connectivity index (χ2n) is 3.57. The molecule has 1 aromatic carbocycles. The first-order chi connectivity index (χ1) is 6.84. The average molecular weight is 301 g/mol. The molecule has 0 atom stereocenters. The molecule has 1 radical (unpaired) electrons. The molecule has 0 aromatic heterocycles. The van der Waals surface area contributed by atoms with E-state index in [2.05, 4.69) is 57.1 Å². The van der Waals surface area contributed by atoms with Crippen LogP contribution >= 0.6 is 22.6 Å². The Kier molecular flexibility index (Phi) is 3.78. The molecule has 14 heavy (non-hydrogen) atoms. The lowest BCUT2D eigenvalue weighted by Crippen LogP contribution is -2.39. The number of nitrogens with zero attached hydrogens (tertiary/aromatic N) is 2. The molecule has 1 aliphatic rings. The molecule has 0 spiro atoms. The SMILES string of the molecule is Ic1ccc(CN2CC[N]CC2)cc1. The number of hydrogen-bond acceptors (Lipinski definition) is 1. The van der Waals surface area contributed by atoms with Crippen molar-refractivity contribution in [3.05, 3.63) is 33.4 Å². The molecule has 0 unspecified atom stereocenters. The van der Waals surface area contributed by atoms with Crippen LogP contribution in [0, 0.1) is 3.57 Å². The van der Waals surface area contributed by atoms with Crippen LogP contribution in [0.25, 0.3) is 0 Å². The first kappa shape index (κ1) is 10.4. The molecule has 1 aliphatic heterocycles. The minimum atomic E-state index is 1.00. The van der Waals surface area contributed by atoms with Gasteiger partial charge in [-0.1, -0.05) is 12.1 Å². The lowest BCUT2D eigenvalue weighted by molar-refractivity contribution is 0.231. The normalized spacial score (nSPS) is 18.4. The fourth-order valence-corrected chi connectivity index (χ4v) is 2.01. The minimum Gasteiger partial charge on any atom is -0.296 e. The van der Waals surface area contributed by atoms with Gasteiger partial charge in [0.05, 0.1) is 0 Å². The van der Waals surface area contributed by atoms with Crippen LogP contribution in [0.3, 0.4) is 0 Å². The maximum atomic E-state index is 4.34. The fraction of sp³-hybridized carbons (Fsp3) is 0.455. The van der Waals surface area contributed by atoms with Crippen molar-refractivity contribution >= 4 is 22.6 Å². The molecule has 3 heteroatoms. The lowest BCUT2D eigenvalue weighted by Gasteiger charge is -2.26. The topological polar surface area (TPSA) is 17.3 Å². The summed E-state index contributed by atoms with van der Waals surface area (Å²) in [4.78, 5) is 2.47. The van der Waals surface area contributed by atoms with Crippen molar-refractivity contribution in [2.45, 2.75) is 6.54 Å². The maximum absolute atomic E-state index is 4.34. The third-order valence-electron chi connectivity index (χ3n) is 2.47. The molecule has 0 aliphatic carbocycles. The lowest BCUT2D eigenvalue weighted by atomic mass is 10.2. The Morgan fingerprint density at radius 3 is 2.43 bits per heavy atom. The van der Waals surface area contributed by atoms with Gasteiger partial charge in [0, 0.05) is 36.3 Å². The molecular weight excluding hydrogens is 287 g/mol. The van der Waals surface area contributed by atoms with E-state index >= 15 is 0 Å². The Morgan fingerprint density at radius 1 is 1.14 bits per heavy atom. The van der Waals surface area contributed by atoms with Crippen molar-refractivity contribution in [1.29, 1.82) is 0 Å². The van der Waals surface area contributed by atoms with Crippen LogP contribution < -0.4 is 5.32 Å². The van der Waals surface area contributed by atoms with Crippen molar-refractivity contribution in [1.82, 2.24) is 10.2 Å². The van der Waals surface area contributed by atoms with Crippen molar-refractivity contribution in [2.75, 3.05) is 26.2 Å². The minimum absolute atomic E-state index is 1.00. The summed E-state index contributed by atoms with van der Waals surface area (Å²) in [6.45, 7) is 5.32. The molecule has 2 nitrogen and oxygen atoms in total. The number of rotatable bonds is 2. The van der Waals surface area contributed by atoms with Crippen molar-refractivity contribution < 1.29 is 0 Å². The van der Waals surface area contributed by atoms with Crippen LogP contribution in [-0.2, 0) is 6.54 Å². The Labute approximate surface area is 98.8 Å². The number of piperazine rings is 1. The second-order valence-corrected chi connectivity index (χ2v) is 4.82. The summed E-state index contributed by atoms with van der Waals surface area (Å²) in [7, 11) is 0. The zero-order chi connectivity index (χ0) is 9.80. The highest BCUT2D eigenvalue weighted by atomic mass is 127. The first-order valence-corrected chi connectivity index (χ1v) is 6.02. The third kappa shape index (κ3) is 2.93. The van der Waals surface area contributed by atoms with Gasteiger partial charge in [0.25, 0.3) is 0 Å². The zero-order valence-electron chi connectivity index (χ0n) is 8.12. The molecule has 0 bridgehead atoms. The highest BCUT2D eigenvalue weighted by Gasteiger charge is 2.09. The molecule has 75 valence electrons. The van der Waals surface area contributed by atoms with Gasteiger partial charge < -0.3 is 0 Å². The van der Waals surface area contributed by atoms with Crippen molar-refractivity contribution in [3.63, 3.8) is 0 Å². The Hall–Kier alpha value is -0.130. The third-order valence-corrected chi connectivity index (χ3v) is 3.19. The van der Waals surface area contributed by atoms with Gasteiger partial charge in [0.2, 0.25) is 0 Å². The summed E-state index contributed by atoms with van der Waals surface area (Å²) in [5, 5.41) is 4.34. The van der Waals surface area contributed by atoms with Gasteiger partial charge >= 0.3 is 0 Å². The van der Waals surface area contributed by atoms with E-state index in [0.717, 1.165) is 32.7 Å². The molecule has 1 fully saturated rings. The molecule has 1 saturated heterocycles. The van der Waals surface area contributed by atoms with E-state index in [1.807, 2.05) is 0 Å². The van der Waals surface area contributed by atoms with Crippen LogP contribution in [0.4, 0.5) is 0 Å². The van der Waals surface area contributed by atoms with Crippen LogP contribution in [-0.4, -0.2) is 31.1 Å². The van der Waals surface area contributed by atoms with E-state index in [9.17, 15) is 0 Å². The molecule has 1 heterocycles. The highest BCUT2D eigenvalue weighted by molar-refractivity contribution is 14.1. The van der Waals surface area contributed by atoms with Crippen LogP contribution in [0.5, 0.6) is 0 Å². The number of halogens is 1. The Balaban J connectivity index is 1.92. The summed E-state index contributed by atoms with van der Waals surface area (Å²) in [5.74, 6) is 0. The van der Waals surface area contributed by atoms with E-state index in [4.69, 9.17) is 0 Å². The molecule has 1 aromatic rings. The van der Waals surface area contributed by atoms with Crippen LogP contribution in [0.2, 0.25) is 0 Å². The first-order valence-electron chi connectivity index (χ1n) is 4.95. The molecule has 2 rings (SSSR count). The van der Waals surface area contributed by atoms with Crippen molar-refractivity contribution in [2.24, 2.45) is 0 Å². The summed E-state index contributed by atoms with van der Waals surface area (Å²) >= 11 is 2.34. The molecule has 0 saturated carbocycles. The van der Waals surface area contributed by atoms with Gasteiger partial charge in [-0.2, -0.15) is 0 Å². The number of hydrogen-bond donors (Lipinski definition) is 0. The highest BCUT2D eigenvalue weighted by Crippen LogP contribution is 2.09. The fourth-order valence-electron chi connectivity index (χ4n) is 1.65. The number of benzene rings is 1. The predicted octanol–water partition coefficient (Wildman–Crippen LogP) is 1.71. The van der Waals surface area contributed by atoms with Gasteiger partial charge in [-0.05, 0) is 40.3 Å². The zero-order valence-corrected chi connectivity index (χ0v) is 10.3. The van der Waals surface area contributed by atoms with E-state index in [1.54, 1.807) is 0 Å².